The Morgan fingerprint density at radius 2 is 2.12 bits per heavy atom. The number of aromatic nitrogens is 2. The van der Waals surface area contributed by atoms with Gasteiger partial charge in [0.1, 0.15) is 6.54 Å². The van der Waals surface area contributed by atoms with E-state index in [9.17, 15) is 9.59 Å². The van der Waals surface area contributed by atoms with E-state index in [0.717, 1.165) is 5.69 Å². The van der Waals surface area contributed by atoms with Gasteiger partial charge in [0.15, 0.2) is 0 Å². The van der Waals surface area contributed by atoms with Crippen LogP contribution in [-0.2, 0) is 21.5 Å². The van der Waals surface area contributed by atoms with Crippen molar-refractivity contribution in [2.45, 2.75) is 39.7 Å². The number of nitrogens with zero attached hydrogens (tertiary/aromatic N) is 1. The molecule has 5 heteroatoms. The SMILES string of the molecule is CCOC(=O)Cn1[nH]c(C(C)(C)C)cc1=O. The van der Waals surface area contributed by atoms with Crippen LogP contribution in [0.15, 0.2) is 10.9 Å². The molecule has 1 aromatic heterocycles. The summed E-state index contributed by atoms with van der Waals surface area (Å²) in [4.78, 5) is 22.8. The maximum absolute atomic E-state index is 11.6. The van der Waals surface area contributed by atoms with Crippen molar-refractivity contribution in [3.63, 3.8) is 0 Å². The van der Waals surface area contributed by atoms with Crippen LogP contribution in [0.25, 0.3) is 0 Å². The summed E-state index contributed by atoms with van der Waals surface area (Å²) in [5.41, 5.74) is 0.457. The number of ether oxygens (including phenoxy) is 1. The van der Waals surface area contributed by atoms with Gasteiger partial charge in [-0.05, 0) is 6.92 Å². The summed E-state index contributed by atoms with van der Waals surface area (Å²) in [5.74, 6) is -0.410. The number of rotatable bonds is 3. The zero-order valence-electron chi connectivity index (χ0n) is 10.2. The van der Waals surface area contributed by atoms with Crippen LogP contribution in [-0.4, -0.2) is 22.4 Å². The highest BCUT2D eigenvalue weighted by Crippen LogP contribution is 2.17. The second-order valence-electron chi connectivity index (χ2n) is 4.65. The molecule has 1 rings (SSSR count). The second kappa shape index (κ2) is 4.55. The van der Waals surface area contributed by atoms with E-state index in [-0.39, 0.29) is 17.5 Å². The van der Waals surface area contributed by atoms with Crippen LogP contribution in [0.2, 0.25) is 0 Å². The first kappa shape index (κ1) is 12.5. The Bertz CT molecular complexity index is 423. The van der Waals surface area contributed by atoms with Gasteiger partial charge in [-0.15, -0.1) is 0 Å². The third kappa shape index (κ3) is 2.98. The lowest BCUT2D eigenvalue weighted by atomic mass is 9.93. The fraction of sp³-hybridized carbons (Fsp3) is 0.636. The molecule has 0 saturated heterocycles. The highest BCUT2D eigenvalue weighted by Gasteiger charge is 2.18. The van der Waals surface area contributed by atoms with Crippen molar-refractivity contribution < 1.29 is 9.53 Å². The van der Waals surface area contributed by atoms with Gasteiger partial charge in [-0.25, -0.2) is 4.68 Å². The highest BCUT2D eigenvalue weighted by molar-refractivity contribution is 5.68. The summed E-state index contributed by atoms with van der Waals surface area (Å²) in [6.07, 6.45) is 0. The standard InChI is InChI=1S/C11H18N2O3/c1-5-16-10(15)7-13-9(14)6-8(12-13)11(2,3)4/h6,12H,5,7H2,1-4H3. The number of hydrogen-bond donors (Lipinski definition) is 1. The van der Waals surface area contributed by atoms with Crippen molar-refractivity contribution in [3.8, 4) is 0 Å². The van der Waals surface area contributed by atoms with Gasteiger partial charge in [-0.1, -0.05) is 20.8 Å². The van der Waals surface area contributed by atoms with Crippen LogP contribution < -0.4 is 5.56 Å². The minimum absolute atomic E-state index is 0.0667. The van der Waals surface area contributed by atoms with E-state index in [4.69, 9.17) is 4.74 Å². The van der Waals surface area contributed by atoms with E-state index < -0.39 is 5.97 Å². The van der Waals surface area contributed by atoms with E-state index in [0.29, 0.717) is 6.61 Å². The minimum atomic E-state index is -0.410. The number of nitrogens with one attached hydrogen (secondary N) is 1. The summed E-state index contributed by atoms with van der Waals surface area (Å²) >= 11 is 0. The number of aromatic amines is 1. The molecule has 0 fully saturated rings. The van der Waals surface area contributed by atoms with E-state index in [1.807, 2.05) is 20.8 Å². The summed E-state index contributed by atoms with van der Waals surface area (Å²) in [5, 5.41) is 2.91. The monoisotopic (exact) mass is 226 g/mol. The molecule has 0 amide bonds. The third-order valence-electron chi connectivity index (χ3n) is 2.19. The van der Waals surface area contributed by atoms with Gasteiger partial charge >= 0.3 is 5.97 Å². The van der Waals surface area contributed by atoms with Crippen molar-refractivity contribution in [2.24, 2.45) is 0 Å². The Hall–Kier alpha value is -1.52. The molecule has 0 aliphatic carbocycles. The van der Waals surface area contributed by atoms with Crippen molar-refractivity contribution in [2.75, 3.05) is 6.61 Å². The maximum Gasteiger partial charge on any atom is 0.327 e. The van der Waals surface area contributed by atoms with Crippen LogP contribution in [0.4, 0.5) is 0 Å². The average Bonchev–Trinajstić information content (AvgIpc) is 2.47. The predicted octanol–water partition coefficient (Wildman–Crippen LogP) is 1.04. The smallest absolute Gasteiger partial charge is 0.327 e. The van der Waals surface area contributed by atoms with Crippen molar-refractivity contribution in [1.29, 1.82) is 0 Å². The molecule has 16 heavy (non-hydrogen) atoms. The Morgan fingerprint density at radius 3 is 2.56 bits per heavy atom. The predicted molar refractivity (Wildman–Crippen MR) is 60.4 cm³/mol. The quantitative estimate of drug-likeness (QED) is 0.783. The molecule has 1 heterocycles. The summed E-state index contributed by atoms with van der Waals surface area (Å²) in [6, 6.07) is 1.51. The molecular weight excluding hydrogens is 208 g/mol. The van der Waals surface area contributed by atoms with Gasteiger partial charge in [0.25, 0.3) is 5.56 Å². The summed E-state index contributed by atoms with van der Waals surface area (Å²) < 4.78 is 6.04. The van der Waals surface area contributed by atoms with Crippen molar-refractivity contribution in [3.05, 3.63) is 22.1 Å². The summed E-state index contributed by atoms with van der Waals surface area (Å²) in [6.45, 7) is 7.96. The molecule has 5 nitrogen and oxygen atoms in total. The van der Waals surface area contributed by atoms with Gasteiger partial charge < -0.3 is 4.74 Å². The molecule has 0 unspecified atom stereocenters. The zero-order valence-corrected chi connectivity index (χ0v) is 10.2. The highest BCUT2D eigenvalue weighted by atomic mass is 16.5. The van der Waals surface area contributed by atoms with Gasteiger partial charge in [0, 0.05) is 17.2 Å². The second-order valence-corrected chi connectivity index (χ2v) is 4.65. The average molecular weight is 226 g/mol. The van der Waals surface area contributed by atoms with E-state index in [1.165, 1.54) is 10.7 Å². The van der Waals surface area contributed by atoms with Crippen molar-refractivity contribution in [1.82, 2.24) is 9.78 Å². The van der Waals surface area contributed by atoms with Crippen LogP contribution in [0, 0.1) is 0 Å². The molecule has 0 aliphatic heterocycles. The molecule has 0 aliphatic rings. The first-order valence-corrected chi connectivity index (χ1v) is 5.30. The molecule has 0 saturated carbocycles. The van der Waals surface area contributed by atoms with Gasteiger partial charge in [0.2, 0.25) is 0 Å². The van der Waals surface area contributed by atoms with E-state index in [2.05, 4.69) is 5.10 Å². The number of carbonyl (C=O) groups is 1. The van der Waals surface area contributed by atoms with Gasteiger partial charge in [0.05, 0.1) is 6.61 Å². The Kier molecular flexibility index (Phi) is 3.57. The number of H-pyrrole nitrogens is 1. The maximum atomic E-state index is 11.6. The largest absolute Gasteiger partial charge is 0.465 e. The molecule has 0 radical (unpaired) electrons. The number of hydrogen-bond acceptors (Lipinski definition) is 3. The van der Waals surface area contributed by atoms with Gasteiger partial charge in [-0.2, -0.15) is 0 Å². The summed E-state index contributed by atoms with van der Waals surface area (Å²) in [7, 11) is 0. The molecule has 0 aromatic carbocycles. The molecule has 90 valence electrons. The van der Waals surface area contributed by atoms with Crippen LogP contribution in [0.3, 0.4) is 0 Å². The van der Waals surface area contributed by atoms with Crippen LogP contribution in [0.5, 0.6) is 0 Å². The number of carbonyl (C=O) groups excluding carboxylic acids is 1. The van der Waals surface area contributed by atoms with Crippen molar-refractivity contribution >= 4 is 5.97 Å². The number of esters is 1. The van der Waals surface area contributed by atoms with Gasteiger partial charge in [-0.3, -0.25) is 14.7 Å². The molecular formula is C11H18N2O3. The first-order chi connectivity index (χ1) is 7.34. The topological polar surface area (TPSA) is 64.1 Å². The zero-order chi connectivity index (χ0) is 12.3. The first-order valence-electron chi connectivity index (χ1n) is 5.30. The molecule has 0 atom stereocenters. The lowest BCUT2D eigenvalue weighted by Gasteiger charge is -2.15. The fourth-order valence-corrected chi connectivity index (χ4v) is 1.27. The minimum Gasteiger partial charge on any atom is -0.465 e. The normalized spacial score (nSPS) is 11.5. The Morgan fingerprint density at radius 1 is 1.50 bits per heavy atom. The van der Waals surface area contributed by atoms with E-state index >= 15 is 0 Å². The molecule has 0 spiro atoms. The molecule has 1 aromatic rings. The fourth-order valence-electron chi connectivity index (χ4n) is 1.27. The Labute approximate surface area is 94.4 Å². The molecule has 1 N–H and O–H groups in total. The van der Waals surface area contributed by atoms with Crippen LogP contribution in [0.1, 0.15) is 33.4 Å². The van der Waals surface area contributed by atoms with E-state index in [1.54, 1.807) is 6.92 Å². The van der Waals surface area contributed by atoms with Crippen LogP contribution >= 0.6 is 0 Å². The lowest BCUT2D eigenvalue weighted by Crippen LogP contribution is -2.23. The molecule has 0 bridgehead atoms. The lowest BCUT2D eigenvalue weighted by molar-refractivity contribution is -0.144. The Balaban J connectivity index is 2.87. The third-order valence-corrected chi connectivity index (χ3v) is 2.19.